The molecule has 1 aromatic heterocycles. The number of aryl methyl sites for hydroxylation is 1. The molecule has 0 aliphatic carbocycles. The van der Waals surface area contributed by atoms with Crippen LogP contribution in [0.5, 0.6) is 5.75 Å². The molecular formula is C23H22N4O. The maximum Gasteiger partial charge on any atom is 0.227 e. The van der Waals surface area contributed by atoms with Crippen molar-refractivity contribution >= 4 is 28.2 Å². The van der Waals surface area contributed by atoms with Crippen molar-refractivity contribution in [3.8, 4) is 16.9 Å². The molecule has 5 nitrogen and oxygen atoms in total. The molecule has 3 aromatic carbocycles. The third-order valence-corrected chi connectivity index (χ3v) is 4.62. The minimum absolute atomic E-state index is 0.525. The summed E-state index contributed by atoms with van der Waals surface area (Å²) in [5.41, 5.74) is 11.5. The number of benzene rings is 3. The van der Waals surface area contributed by atoms with E-state index in [4.69, 9.17) is 15.5 Å². The zero-order valence-corrected chi connectivity index (χ0v) is 15.9. The summed E-state index contributed by atoms with van der Waals surface area (Å²) in [6, 6.07) is 19.9. The second-order valence-electron chi connectivity index (χ2n) is 6.56. The highest BCUT2D eigenvalue weighted by atomic mass is 16.5. The fourth-order valence-electron chi connectivity index (χ4n) is 3.15. The Morgan fingerprint density at radius 1 is 1.00 bits per heavy atom. The number of nitrogens with one attached hydrogen (secondary N) is 1. The average molecular weight is 370 g/mol. The van der Waals surface area contributed by atoms with E-state index >= 15 is 0 Å². The second kappa shape index (κ2) is 7.56. The highest BCUT2D eigenvalue weighted by Crippen LogP contribution is 2.34. The van der Waals surface area contributed by atoms with Crippen LogP contribution in [0.2, 0.25) is 0 Å². The van der Waals surface area contributed by atoms with E-state index in [-0.39, 0.29) is 0 Å². The van der Waals surface area contributed by atoms with Gasteiger partial charge in [0.2, 0.25) is 5.95 Å². The first kappa shape index (κ1) is 17.8. The Morgan fingerprint density at radius 2 is 1.82 bits per heavy atom. The fraction of sp³-hybridized carbons (Fsp3) is 0.130. The maximum atomic E-state index is 6.02. The number of hydrogen-bond donors (Lipinski definition) is 2. The molecule has 0 atom stereocenters. The van der Waals surface area contributed by atoms with Crippen LogP contribution in [-0.4, -0.2) is 16.6 Å². The van der Waals surface area contributed by atoms with Crippen LogP contribution in [0.1, 0.15) is 12.5 Å². The summed E-state index contributed by atoms with van der Waals surface area (Å²) in [6.07, 6.45) is 1.83. The minimum atomic E-state index is 0.525. The highest BCUT2D eigenvalue weighted by Gasteiger charge is 2.11. The van der Waals surface area contributed by atoms with Crippen molar-refractivity contribution in [2.45, 2.75) is 13.8 Å². The third kappa shape index (κ3) is 3.47. The van der Waals surface area contributed by atoms with Crippen molar-refractivity contribution < 1.29 is 4.74 Å². The number of para-hydroxylation sites is 2. The van der Waals surface area contributed by atoms with Gasteiger partial charge in [0.05, 0.1) is 12.1 Å². The van der Waals surface area contributed by atoms with Gasteiger partial charge < -0.3 is 15.8 Å². The number of hydrogen-bond acceptors (Lipinski definition) is 5. The molecule has 5 heteroatoms. The largest absolute Gasteiger partial charge is 0.493 e. The van der Waals surface area contributed by atoms with Crippen molar-refractivity contribution in [2.24, 2.45) is 0 Å². The summed E-state index contributed by atoms with van der Waals surface area (Å²) >= 11 is 0. The number of nitrogens with zero attached hydrogens (tertiary/aromatic N) is 2. The third-order valence-electron chi connectivity index (χ3n) is 4.62. The lowest BCUT2D eigenvalue weighted by Crippen LogP contribution is -2.00. The monoisotopic (exact) mass is 370 g/mol. The number of ether oxygens (including phenoxy) is 1. The van der Waals surface area contributed by atoms with Crippen molar-refractivity contribution in [3.63, 3.8) is 0 Å². The Morgan fingerprint density at radius 3 is 2.64 bits per heavy atom. The zero-order chi connectivity index (χ0) is 19.5. The molecule has 0 saturated carbocycles. The van der Waals surface area contributed by atoms with Gasteiger partial charge >= 0.3 is 0 Å². The van der Waals surface area contributed by atoms with Crippen molar-refractivity contribution in [3.05, 3.63) is 72.4 Å². The highest BCUT2D eigenvalue weighted by molar-refractivity contribution is 5.95. The van der Waals surface area contributed by atoms with Gasteiger partial charge in [0.25, 0.3) is 0 Å². The Labute approximate surface area is 164 Å². The lowest BCUT2D eigenvalue weighted by atomic mass is 10.0. The smallest absolute Gasteiger partial charge is 0.227 e. The van der Waals surface area contributed by atoms with Crippen LogP contribution in [0.3, 0.4) is 0 Å². The summed E-state index contributed by atoms with van der Waals surface area (Å²) in [5, 5.41) is 4.22. The Balaban J connectivity index is 1.79. The van der Waals surface area contributed by atoms with E-state index < -0.39 is 0 Å². The Kier molecular flexibility index (Phi) is 4.81. The molecule has 4 rings (SSSR count). The van der Waals surface area contributed by atoms with Crippen molar-refractivity contribution in [1.29, 1.82) is 0 Å². The first-order chi connectivity index (χ1) is 13.7. The Hall–Kier alpha value is -3.60. The molecule has 3 N–H and O–H groups in total. The molecule has 0 aliphatic rings. The van der Waals surface area contributed by atoms with Crippen LogP contribution in [0.15, 0.2) is 66.9 Å². The van der Waals surface area contributed by atoms with Crippen molar-refractivity contribution in [2.75, 3.05) is 17.7 Å². The SMILES string of the molecule is CCOc1ccccc1-c1cccc2cnc(Nc3ccc(C)c(N)c3)nc12. The molecule has 0 spiro atoms. The van der Waals surface area contributed by atoms with Crippen LogP contribution in [-0.2, 0) is 0 Å². The molecule has 0 radical (unpaired) electrons. The van der Waals surface area contributed by atoms with Gasteiger partial charge in [-0.2, -0.15) is 0 Å². The molecule has 0 unspecified atom stereocenters. The van der Waals surface area contributed by atoms with Crippen LogP contribution in [0, 0.1) is 6.92 Å². The molecule has 0 saturated heterocycles. The maximum absolute atomic E-state index is 6.02. The van der Waals surface area contributed by atoms with E-state index in [1.807, 2.05) is 68.6 Å². The van der Waals surface area contributed by atoms with Gasteiger partial charge in [0.1, 0.15) is 5.75 Å². The summed E-state index contributed by atoms with van der Waals surface area (Å²) < 4.78 is 5.82. The number of rotatable bonds is 5. The van der Waals surface area contributed by atoms with Gasteiger partial charge in [-0.05, 0) is 37.6 Å². The molecule has 0 amide bonds. The summed E-state index contributed by atoms with van der Waals surface area (Å²) in [7, 11) is 0. The van der Waals surface area contributed by atoms with Crippen LogP contribution >= 0.6 is 0 Å². The van der Waals surface area contributed by atoms with E-state index in [1.54, 1.807) is 0 Å². The van der Waals surface area contributed by atoms with Gasteiger partial charge in [-0.25, -0.2) is 9.97 Å². The van der Waals surface area contributed by atoms with Gasteiger partial charge in [-0.15, -0.1) is 0 Å². The molecule has 1 heterocycles. The summed E-state index contributed by atoms with van der Waals surface area (Å²) in [5.74, 6) is 1.37. The molecule has 0 bridgehead atoms. The topological polar surface area (TPSA) is 73.1 Å². The van der Waals surface area contributed by atoms with Crippen LogP contribution < -0.4 is 15.8 Å². The quantitative estimate of drug-likeness (QED) is 0.465. The first-order valence-corrected chi connectivity index (χ1v) is 9.27. The van der Waals surface area contributed by atoms with Gasteiger partial charge in [-0.1, -0.05) is 42.5 Å². The predicted octanol–water partition coefficient (Wildman–Crippen LogP) is 5.33. The first-order valence-electron chi connectivity index (χ1n) is 9.27. The average Bonchev–Trinajstić information content (AvgIpc) is 2.71. The zero-order valence-electron chi connectivity index (χ0n) is 15.9. The number of fused-ring (bicyclic) bond motifs is 1. The second-order valence-corrected chi connectivity index (χ2v) is 6.56. The summed E-state index contributed by atoms with van der Waals surface area (Å²) in [6.45, 7) is 4.57. The molecule has 140 valence electrons. The minimum Gasteiger partial charge on any atom is -0.493 e. The van der Waals surface area contributed by atoms with Crippen LogP contribution in [0.25, 0.3) is 22.0 Å². The number of anilines is 3. The molecule has 4 aromatic rings. The van der Waals surface area contributed by atoms with Crippen LogP contribution in [0.4, 0.5) is 17.3 Å². The van der Waals surface area contributed by atoms with Gasteiger partial charge in [0, 0.05) is 34.1 Å². The standard InChI is InChI=1S/C23H22N4O/c1-3-28-21-10-5-4-8-18(21)19-9-6-7-16-14-25-23(27-22(16)19)26-17-12-11-15(2)20(24)13-17/h4-14H,3,24H2,1-2H3,(H,25,26,27). The van der Waals surface area contributed by atoms with E-state index in [0.717, 1.165) is 44.7 Å². The number of aromatic nitrogens is 2. The molecule has 0 fully saturated rings. The normalized spacial score (nSPS) is 10.8. The van der Waals surface area contributed by atoms with E-state index in [0.29, 0.717) is 12.6 Å². The van der Waals surface area contributed by atoms with Gasteiger partial charge in [0.15, 0.2) is 0 Å². The van der Waals surface area contributed by atoms with Gasteiger partial charge in [-0.3, -0.25) is 0 Å². The number of nitrogen functional groups attached to an aromatic ring is 1. The predicted molar refractivity (Wildman–Crippen MR) is 115 cm³/mol. The molecule has 0 aliphatic heterocycles. The molecular weight excluding hydrogens is 348 g/mol. The summed E-state index contributed by atoms with van der Waals surface area (Å²) in [4.78, 5) is 9.24. The number of nitrogens with two attached hydrogens (primary N) is 1. The van der Waals surface area contributed by atoms with Crippen molar-refractivity contribution in [1.82, 2.24) is 9.97 Å². The van der Waals surface area contributed by atoms with E-state index in [9.17, 15) is 0 Å². The Bertz CT molecular complexity index is 1140. The van der Waals surface area contributed by atoms with E-state index in [1.165, 1.54) is 0 Å². The lowest BCUT2D eigenvalue weighted by Gasteiger charge is -2.13. The lowest BCUT2D eigenvalue weighted by molar-refractivity contribution is 0.341. The molecule has 28 heavy (non-hydrogen) atoms. The van der Waals surface area contributed by atoms with E-state index in [2.05, 4.69) is 22.4 Å². The fourth-order valence-corrected chi connectivity index (χ4v) is 3.15.